The number of rotatable bonds is 6. The third-order valence-electron chi connectivity index (χ3n) is 4.59. The van der Waals surface area contributed by atoms with Crippen molar-refractivity contribution in [1.29, 1.82) is 0 Å². The Bertz CT molecular complexity index is 1060. The van der Waals surface area contributed by atoms with E-state index in [1.54, 1.807) is 12.1 Å². The molecule has 1 aromatic carbocycles. The number of pyridine rings is 1. The number of hydrogen-bond acceptors (Lipinski definition) is 7. The molecule has 1 unspecified atom stereocenters. The SMILES string of the molecule is CCCn1nnc(-c2ccc(-c3ccc(N4C[C@H](C(O)F)OC4=O)cc3F)cn2)n1. The molecule has 0 aliphatic carbocycles. The molecule has 0 spiro atoms. The third-order valence-corrected chi connectivity index (χ3v) is 4.59. The fourth-order valence-electron chi connectivity index (χ4n) is 3.07. The van der Waals surface area contributed by atoms with E-state index in [2.05, 4.69) is 20.4 Å². The lowest BCUT2D eigenvalue weighted by Gasteiger charge is -2.14. The molecule has 3 aromatic rings. The van der Waals surface area contributed by atoms with Gasteiger partial charge in [0.2, 0.25) is 12.2 Å². The first kappa shape index (κ1) is 19.8. The van der Waals surface area contributed by atoms with E-state index in [9.17, 15) is 13.6 Å². The number of carbonyl (C=O) groups is 1. The minimum atomic E-state index is -2.30. The van der Waals surface area contributed by atoms with Crippen molar-refractivity contribution in [3.8, 4) is 22.6 Å². The summed E-state index contributed by atoms with van der Waals surface area (Å²) in [5, 5.41) is 21.1. The molecular formula is C19H18F2N6O3. The number of ether oxygens (including phenoxy) is 1. The molecule has 3 heterocycles. The number of amides is 1. The van der Waals surface area contributed by atoms with Gasteiger partial charge in [-0.05, 0) is 35.9 Å². The van der Waals surface area contributed by atoms with E-state index in [0.29, 0.717) is 23.6 Å². The van der Waals surface area contributed by atoms with E-state index in [1.807, 2.05) is 6.92 Å². The lowest BCUT2D eigenvalue weighted by Crippen LogP contribution is -2.28. The van der Waals surface area contributed by atoms with Gasteiger partial charge >= 0.3 is 6.09 Å². The fourth-order valence-corrected chi connectivity index (χ4v) is 3.07. The number of tetrazole rings is 1. The predicted octanol–water partition coefficient (Wildman–Crippen LogP) is 2.56. The number of aromatic nitrogens is 5. The van der Waals surface area contributed by atoms with Gasteiger partial charge in [0.25, 0.3) is 0 Å². The van der Waals surface area contributed by atoms with Crippen LogP contribution in [0, 0.1) is 5.82 Å². The van der Waals surface area contributed by atoms with Crippen molar-refractivity contribution < 1.29 is 23.4 Å². The van der Waals surface area contributed by atoms with Gasteiger partial charge in [-0.15, -0.1) is 10.2 Å². The van der Waals surface area contributed by atoms with Crippen molar-refractivity contribution in [3.63, 3.8) is 0 Å². The second-order valence-corrected chi connectivity index (χ2v) is 6.71. The third kappa shape index (κ3) is 3.83. The van der Waals surface area contributed by atoms with E-state index >= 15 is 0 Å². The summed E-state index contributed by atoms with van der Waals surface area (Å²) in [5.41, 5.74) is 1.50. The average Bonchev–Trinajstić information content (AvgIpc) is 3.35. The normalized spacial score (nSPS) is 17.3. The van der Waals surface area contributed by atoms with E-state index in [0.717, 1.165) is 17.4 Å². The molecule has 0 saturated carbocycles. The van der Waals surface area contributed by atoms with Crippen LogP contribution in [0.25, 0.3) is 22.6 Å². The van der Waals surface area contributed by atoms with Crippen molar-refractivity contribution in [2.24, 2.45) is 0 Å². The van der Waals surface area contributed by atoms with Crippen LogP contribution in [-0.2, 0) is 11.3 Å². The Morgan fingerprint density at radius 3 is 2.80 bits per heavy atom. The molecule has 1 amide bonds. The fraction of sp³-hybridized carbons (Fsp3) is 0.316. The Labute approximate surface area is 169 Å². The molecule has 0 radical (unpaired) electrons. The van der Waals surface area contributed by atoms with E-state index in [4.69, 9.17) is 9.84 Å². The van der Waals surface area contributed by atoms with Crippen LogP contribution in [0.5, 0.6) is 0 Å². The van der Waals surface area contributed by atoms with E-state index < -0.39 is 24.4 Å². The minimum absolute atomic E-state index is 0.200. The van der Waals surface area contributed by atoms with Gasteiger partial charge in [0.1, 0.15) is 11.5 Å². The van der Waals surface area contributed by atoms with E-state index in [1.165, 1.54) is 23.1 Å². The predicted molar refractivity (Wildman–Crippen MR) is 101 cm³/mol. The zero-order valence-corrected chi connectivity index (χ0v) is 15.9. The summed E-state index contributed by atoms with van der Waals surface area (Å²) in [6.45, 7) is 2.45. The first-order chi connectivity index (χ1) is 14.5. The molecule has 1 saturated heterocycles. The monoisotopic (exact) mass is 416 g/mol. The number of halogens is 2. The Kier molecular flexibility index (Phi) is 5.36. The highest BCUT2D eigenvalue weighted by Crippen LogP contribution is 2.30. The van der Waals surface area contributed by atoms with Crippen LogP contribution in [0.4, 0.5) is 19.3 Å². The number of aryl methyl sites for hydroxylation is 1. The molecule has 156 valence electrons. The van der Waals surface area contributed by atoms with Gasteiger partial charge in [0.15, 0.2) is 6.10 Å². The van der Waals surface area contributed by atoms with Gasteiger partial charge in [-0.1, -0.05) is 13.0 Å². The van der Waals surface area contributed by atoms with Gasteiger partial charge in [0, 0.05) is 17.3 Å². The Hall–Kier alpha value is -3.47. The number of alkyl halides is 1. The molecule has 2 atom stereocenters. The van der Waals surface area contributed by atoms with Crippen LogP contribution < -0.4 is 4.90 Å². The summed E-state index contributed by atoms with van der Waals surface area (Å²) in [6.07, 6.45) is -2.08. The molecule has 4 rings (SSSR count). The average molecular weight is 416 g/mol. The molecule has 0 bridgehead atoms. The second-order valence-electron chi connectivity index (χ2n) is 6.71. The number of carbonyl (C=O) groups excluding carboxylic acids is 1. The number of aliphatic hydroxyl groups is 1. The molecule has 1 aliphatic rings. The smallest absolute Gasteiger partial charge is 0.414 e. The first-order valence-corrected chi connectivity index (χ1v) is 9.30. The van der Waals surface area contributed by atoms with Crippen LogP contribution >= 0.6 is 0 Å². The standard InChI is InChI=1S/C19H18F2N6O3/c1-2-7-27-24-18(23-25-27)15-6-3-11(9-22-15)13-5-4-12(8-14(13)20)26-10-16(17(21)28)30-19(26)29/h3-6,8-9,16-17,28H,2,7,10H2,1H3/t16-,17?/m1/s1. The van der Waals surface area contributed by atoms with Gasteiger partial charge in [0.05, 0.1) is 18.8 Å². The Morgan fingerprint density at radius 2 is 2.17 bits per heavy atom. The number of aliphatic hydroxyl groups excluding tert-OH is 1. The number of nitrogens with zero attached hydrogens (tertiary/aromatic N) is 6. The molecule has 1 aliphatic heterocycles. The highest BCUT2D eigenvalue weighted by atomic mass is 19.1. The Morgan fingerprint density at radius 1 is 1.33 bits per heavy atom. The number of hydrogen-bond donors (Lipinski definition) is 1. The minimum Gasteiger partial charge on any atom is -0.438 e. The maximum Gasteiger partial charge on any atom is 0.414 e. The Balaban J connectivity index is 1.54. The lowest BCUT2D eigenvalue weighted by atomic mass is 10.1. The van der Waals surface area contributed by atoms with Crippen molar-refractivity contribution in [3.05, 3.63) is 42.3 Å². The van der Waals surface area contributed by atoms with E-state index in [-0.39, 0.29) is 17.8 Å². The molecule has 9 nitrogen and oxygen atoms in total. The second kappa shape index (κ2) is 8.11. The first-order valence-electron chi connectivity index (χ1n) is 9.30. The van der Waals surface area contributed by atoms with Crippen LogP contribution in [0.3, 0.4) is 0 Å². The summed E-state index contributed by atoms with van der Waals surface area (Å²) < 4.78 is 32.4. The highest BCUT2D eigenvalue weighted by Gasteiger charge is 2.37. The lowest BCUT2D eigenvalue weighted by molar-refractivity contribution is -0.0503. The quantitative estimate of drug-likeness (QED) is 0.658. The molecular weight excluding hydrogens is 398 g/mol. The van der Waals surface area contributed by atoms with Gasteiger partial charge in [-0.2, -0.15) is 4.80 Å². The highest BCUT2D eigenvalue weighted by molar-refractivity contribution is 5.90. The maximum absolute atomic E-state index is 14.7. The van der Waals surface area contributed by atoms with Crippen LogP contribution in [0.15, 0.2) is 36.5 Å². The van der Waals surface area contributed by atoms with Crippen molar-refractivity contribution in [2.75, 3.05) is 11.4 Å². The molecule has 1 fully saturated rings. The van der Waals surface area contributed by atoms with Gasteiger partial charge in [-0.3, -0.25) is 9.88 Å². The number of cyclic esters (lactones) is 1. The van der Waals surface area contributed by atoms with Crippen molar-refractivity contribution >= 4 is 11.8 Å². The maximum atomic E-state index is 14.7. The molecule has 2 aromatic heterocycles. The zero-order valence-electron chi connectivity index (χ0n) is 15.9. The van der Waals surface area contributed by atoms with Crippen molar-refractivity contribution in [1.82, 2.24) is 25.2 Å². The van der Waals surface area contributed by atoms with Gasteiger partial charge in [-0.25, -0.2) is 13.6 Å². The van der Waals surface area contributed by atoms with Gasteiger partial charge < -0.3 is 9.84 Å². The van der Waals surface area contributed by atoms with Crippen LogP contribution in [0.1, 0.15) is 13.3 Å². The largest absolute Gasteiger partial charge is 0.438 e. The molecule has 30 heavy (non-hydrogen) atoms. The van der Waals surface area contributed by atoms with Crippen LogP contribution in [0.2, 0.25) is 0 Å². The summed E-state index contributed by atoms with van der Waals surface area (Å²) in [5.74, 6) is -0.214. The summed E-state index contributed by atoms with van der Waals surface area (Å²) >= 11 is 0. The van der Waals surface area contributed by atoms with Crippen LogP contribution in [-0.4, -0.2) is 55.4 Å². The zero-order chi connectivity index (χ0) is 21.3. The number of benzene rings is 1. The van der Waals surface area contributed by atoms with Crippen molar-refractivity contribution in [2.45, 2.75) is 32.4 Å². The summed E-state index contributed by atoms with van der Waals surface area (Å²) in [7, 11) is 0. The summed E-state index contributed by atoms with van der Waals surface area (Å²) in [6, 6.07) is 7.50. The molecule has 1 N–H and O–H groups in total. The molecule has 11 heteroatoms. The summed E-state index contributed by atoms with van der Waals surface area (Å²) in [4.78, 5) is 18.7. The topological polar surface area (TPSA) is 106 Å². The number of anilines is 1.